The highest BCUT2D eigenvalue weighted by atomic mass is 32.2. The summed E-state index contributed by atoms with van der Waals surface area (Å²) in [6.45, 7) is 2.39. The molecule has 17 heavy (non-hydrogen) atoms. The van der Waals surface area contributed by atoms with Gasteiger partial charge < -0.3 is 0 Å². The van der Waals surface area contributed by atoms with Crippen molar-refractivity contribution in [3.05, 3.63) is 0 Å². The van der Waals surface area contributed by atoms with Crippen molar-refractivity contribution in [2.24, 2.45) is 0 Å². The molecule has 0 aromatic rings. The zero-order valence-corrected chi connectivity index (χ0v) is 12.5. The second-order valence-corrected chi connectivity index (χ2v) is 8.57. The number of fused-ring (bicyclic) bond motifs is 2. The second-order valence-electron chi connectivity index (χ2n) is 5.72. The molecule has 2 unspecified atom stereocenters. The first-order valence-corrected chi connectivity index (χ1v) is 8.99. The maximum Gasteiger partial charge on any atom is 0.152 e. The summed E-state index contributed by atoms with van der Waals surface area (Å²) < 4.78 is 0.366. The summed E-state index contributed by atoms with van der Waals surface area (Å²) in [5, 5.41) is 0.731. The van der Waals surface area contributed by atoms with Crippen molar-refractivity contribution in [2.75, 3.05) is 11.5 Å². The van der Waals surface area contributed by atoms with E-state index in [-0.39, 0.29) is 0 Å². The number of ketones is 1. The minimum absolute atomic E-state index is 0.366. The lowest BCUT2D eigenvalue weighted by Crippen LogP contribution is -2.31. The van der Waals surface area contributed by atoms with Gasteiger partial charge >= 0.3 is 0 Å². The van der Waals surface area contributed by atoms with Gasteiger partial charge in [-0.3, -0.25) is 4.79 Å². The average molecular weight is 272 g/mol. The highest BCUT2D eigenvalue weighted by Gasteiger charge is 2.31. The molecule has 2 fully saturated rings. The van der Waals surface area contributed by atoms with Gasteiger partial charge in [0.1, 0.15) is 0 Å². The first-order valence-electron chi connectivity index (χ1n) is 6.95. The van der Waals surface area contributed by atoms with E-state index in [0.29, 0.717) is 10.5 Å². The Hall–Kier alpha value is 0.370. The summed E-state index contributed by atoms with van der Waals surface area (Å²) >= 11 is 3.87. The van der Waals surface area contributed by atoms with E-state index >= 15 is 0 Å². The molecular formula is C14H24OS2. The topological polar surface area (TPSA) is 17.1 Å². The van der Waals surface area contributed by atoms with Crippen LogP contribution in [0.1, 0.15) is 58.3 Å². The van der Waals surface area contributed by atoms with E-state index in [4.69, 9.17) is 0 Å². The van der Waals surface area contributed by atoms with Crippen molar-refractivity contribution in [3.8, 4) is 0 Å². The van der Waals surface area contributed by atoms with Crippen LogP contribution in [0.5, 0.6) is 0 Å². The third-order valence-electron chi connectivity index (χ3n) is 3.95. The predicted octanol–water partition coefficient (Wildman–Crippen LogP) is 4.30. The Bertz CT molecular complexity index is 267. The molecule has 0 radical (unpaired) electrons. The third kappa shape index (κ3) is 4.51. The number of carbonyl (C=O) groups is 1. The lowest BCUT2D eigenvalue weighted by atomic mass is 9.92. The molecule has 1 aliphatic carbocycles. The van der Waals surface area contributed by atoms with E-state index in [9.17, 15) is 4.79 Å². The van der Waals surface area contributed by atoms with Crippen LogP contribution in [0.4, 0.5) is 0 Å². The molecule has 2 aliphatic rings. The molecule has 98 valence electrons. The van der Waals surface area contributed by atoms with Crippen molar-refractivity contribution >= 4 is 29.3 Å². The summed E-state index contributed by atoms with van der Waals surface area (Å²) in [5.41, 5.74) is 0. The van der Waals surface area contributed by atoms with Gasteiger partial charge in [0, 0.05) is 10.00 Å². The van der Waals surface area contributed by atoms with E-state index in [1.165, 1.54) is 51.4 Å². The summed E-state index contributed by atoms with van der Waals surface area (Å²) in [6, 6.07) is 0. The van der Waals surface area contributed by atoms with Gasteiger partial charge in [-0.05, 0) is 19.3 Å². The first kappa shape index (κ1) is 13.8. The fraction of sp³-hybridized carbons (Fsp3) is 0.929. The summed E-state index contributed by atoms with van der Waals surface area (Å²) in [6.07, 6.45) is 10.9. The molecule has 2 bridgehead atoms. The molecule has 1 nitrogen and oxygen atoms in total. The zero-order valence-electron chi connectivity index (χ0n) is 10.9. The molecule has 1 saturated heterocycles. The fourth-order valence-electron chi connectivity index (χ4n) is 2.87. The highest BCUT2D eigenvalue weighted by Crippen LogP contribution is 2.41. The van der Waals surface area contributed by atoms with Crippen LogP contribution in [-0.4, -0.2) is 27.3 Å². The molecule has 2 atom stereocenters. The van der Waals surface area contributed by atoms with Crippen molar-refractivity contribution in [2.45, 2.75) is 68.3 Å². The van der Waals surface area contributed by atoms with Crippen LogP contribution in [0.2, 0.25) is 0 Å². The lowest BCUT2D eigenvalue weighted by molar-refractivity contribution is -0.114. The second kappa shape index (κ2) is 6.51. The van der Waals surface area contributed by atoms with Crippen LogP contribution in [-0.2, 0) is 4.79 Å². The molecule has 3 heteroatoms. The van der Waals surface area contributed by atoms with E-state index in [1.54, 1.807) is 0 Å². The van der Waals surface area contributed by atoms with E-state index in [1.807, 2.05) is 23.5 Å². The molecule has 0 aromatic carbocycles. The van der Waals surface area contributed by atoms with Crippen LogP contribution in [0.25, 0.3) is 0 Å². The number of hydrogen-bond donors (Lipinski definition) is 0. The Balaban J connectivity index is 2.04. The van der Waals surface area contributed by atoms with Gasteiger partial charge in [0.25, 0.3) is 0 Å². The Morgan fingerprint density at radius 1 is 1.12 bits per heavy atom. The SMILES string of the molecule is CC12CCCCCCCC(C1)SCC(=O)CS2. The number of rotatable bonds is 0. The number of Topliss-reactive ketones (excluding diaryl/α,β-unsaturated/α-hetero) is 1. The maximum absolute atomic E-state index is 11.7. The molecule has 1 heterocycles. The van der Waals surface area contributed by atoms with Crippen LogP contribution in [0.3, 0.4) is 0 Å². The average Bonchev–Trinajstić information content (AvgIpc) is 2.31. The largest absolute Gasteiger partial charge is 0.298 e. The maximum atomic E-state index is 11.7. The van der Waals surface area contributed by atoms with Crippen molar-refractivity contribution in [3.63, 3.8) is 0 Å². The Morgan fingerprint density at radius 2 is 1.88 bits per heavy atom. The first-order chi connectivity index (χ1) is 8.18. The van der Waals surface area contributed by atoms with Gasteiger partial charge in [-0.1, -0.05) is 39.0 Å². The zero-order chi connectivity index (χ0) is 12.1. The Morgan fingerprint density at radius 3 is 2.76 bits per heavy atom. The smallest absolute Gasteiger partial charge is 0.152 e. The van der Waals surface area contributed by atoms with Gasteiger partial charge in [0.05, 0.1) is 11.5 Å². The highest BCUT2D eigenvalue weighted by molar-refractivity contribution is 8.03. The van der Waals surface area contributed by atoms with Gasteiger partial charge in [-0.2, -0.15) is 11.8 Å². The molecule has 1 aliphatic heterocycles. The van der Waals surface area contributed by atoms with Crippen LogP contribution < -0.4 is 0 Å². The van der Waals surface area contributed by atoms with Crippen molar-refractivity contribution in [1.82, 2.24) is 0 Å². The van der Waals surface area contributed by atoms with Crippen molar-refractivity contribution < 1.29 is 4.79 Å². The normalized spacial score (nSPS) is 37.0. The van der Waals surface area contributed by atoms with Crippen molar-refractivity contribution in [1.29, 1.82) is 0 Å². The van der Waals surface area contributed by atoms with Gasteiger partial charge in [0.15, 0.2) is 5.78 Å². The monoisotopic (exact) mass is 272 g/mol. The van der Waals surface area contributed by atoms with Gasteiger partial charge in [0.2, 0.25) is 0 Å². The Kier molecular flexibility index (Phi) is 5.28. The van der Waals surface area contributed by atoms with Crippen LogP contribution in [0, 0.1) is 0 Å². The molecule has 0 spiro atoms. The molecular weight excluding hydrogens is 248 g/mol. The van der Waals surface area contributed by atoms with E-state index in [0.717, 1.165) is 16.8 Å². The number of thioether (sulfide) groups is 2. The summed E-state index contributed by atoms with van der Waals surface area (Å²) in [5.74, 6) is 1.96. The van der Waals surface area contributed by atoms with E-state index < -0.39 is 0 Å². The molecule has 2 rings (SSSR count). The van der Waals surface area contributed by atoms with Crippen LogP contribution in [0.15, 0.2) is 0 Å². The Labute approximate surface area is 114 Å². The summed E-state index contributed by atoms with van der Waals surface area (Å²) in [4.78, 5) is 11.7. The molecule has 1 saturated carbocycles. The number of hydrogen-bond acceptors (Lipinski definition) is 3. The predicted molar refractivity (Wildman–Crippen MR) is 79.1 cm³/mol. The minimum Gasteiger partial charge on any atom is -0.298 e. The minimum atomic E-state index is 0.366. The standard InChI is InChI=1S/C14H24OS2/c1-14-8-6-4-2-3-5-7-13(9-14)16-10-12(15)11-17-14/h13H,2-11H2,1H3. The molecule has 0 amide bonds. The van der Waals surface area contributed by atoms with E-state index in [2.05, 4.69) is 6.92 Å². The third-order valence-corrected chi connectivity index (χ3v) is 6.85. The quantitative estimate of drug-likeness (QED) is 0.654. The summed E-state index contributed by atoms with van der Waals surface area (Å²) in [7, 11) is 0. The van der Waals surface area contributed by atoms with Gasteiger partial charge in [-0.15, -0.1) is 11.8 Å². The lowest BCUT2D eigenvalue weighted by Gasteiger charge is -2.35. The molecule has 0 aromatic heterocycles. The van der Waals surface area contributed by atoms with Crippen LogP contribution >= 0.6 is 23.5 Å². The molecule has 0 N–H and O–H groups in total. The van der Waals surface area contributed by atoms with Gasteiger partial charge in [-0.25, -0.2) is 0 Å². The fourth-order valence-corrected chi connectivity index (χ4v) is 5.66. The number of carbonyl (C=O) groups excluding carboxylic acids is 1.